The lowest BCUT2D eigenvalue weighted by Gasteiger charge is -2.13. The van der Waals surface area contributed by atoms with E-state index in [4.69, 9.17) is 4.42 Å². The van der Waals surface area contributed by atoms with Gasteiger partial charge in [-0.2, -0.15) is 5.26 Å². The first kappa shape index (κ1) is 17.1. The summed E-state index contributed by atoms with van der Waals surface area (Å²) in [6.45, 7) is 8.65. The van der Waals surface area contributed by atoms with Crippen LogP contribution >= 0.6 is 0 Å². The van der Waals surface area contributed by atoms with Gasteiger partial charge in [0.15, 0.2) is 5.65 Å². The molecule has 0 unspecified atom stereocenters. The van der Waals surface area contributed by atoms with Crippen LogP contribution in [-0.4, -0.2) is 14.4 Å². The van der Waals surface area contributed by atoms with Crippen molar-refractivity contribution in [3.8, 4) is 6.07 Å². The summed E-state index contributed by atoms with van der Waals surface area (Å²) in [7, 11) is 0. The van der Waals surface area contributed by atoms with E-state index in [2.05, 4.69) is 42.1 Å². The fraction of sp³-hybridized carbons (Fsp3) is 0.286. The van der Waals surface area contributed by atoms with Gasteiger partial charge in [0.1, 0.15) is 17.6 Å². The van der Waals surface area contributed by atoms with Crippen molar-refractivity contribution in [3.05, 3.63) is 59.3 Å². The van der Waals surface area contributed by atoms with Crippen molar-refractivity contribution < 1.29 is 4.42 Å². The summed E-state index contributed by atoms with van der Waals surface area (Å²) < 4.78 is 7.86. The molecular formula is C21H21N5O. The third kappa shape index (κ3) is 2.91. The molecule has 3 heterocycles. The number of fused-ring (bicyclic) bond motifs is 3. The highest BCUT2D eigenvalue weighted by Crippen LogP contribution is 2.27. The van der Waals surface area contributed by atoms with E-state index in [1.165, 1.54) is 0 Å². The molecule has 0 fully saturated rings. The number of pyridine rings is 1. The molecular weight excluding hydrogens is 338 g/mol. The molecule has 6 heteroatoms. The van der Waals surface area contributed by atoms with E-state index in [0.717, 1.165) is 28.2 Å². The van der Waals surface area contributed by atoms with Gasteiger partial charge < -0.3 is 9.73 Å². The minimum absolute atomic E-state index is 0.0793. The summed E-state index contributed by atoms with van der Waals surface area (Å²) >= 11 is 0. The van der Waals surface area contributed by atoms with Gasteiger partial charge >= 0.3 is 0 Å². The molecule has 0 bridgehead atoms. The lowest BCUT2D eigenvalue weighted by atomic mass is 9.94. The molecule has 0 aliphatic rings. The van der Waals surface area contributed by atoms with E-state index < -0.39 is 0 Å². The number of aromatic nitrogens is 3. The van der Waals surface area contributed by atoms with Crippen molar-refractivity contribution in [2.75, 3.05) is 5.32 Å². The van der Waals surface area contributed by atoms with Crippen LogP contribution in [0.2, 0.25) is 0 Å². The Kier molecular flexibility index (Phi) is 3.88. The number of oxazole rings is 1. The second-order valence-corrected chi connectivity index (χ2v) is 7.68. The number of hydrogen-bond donors (Lipinski definition) is 1. The summed E-state index contributed by atoms with van der Waals surface area (Å²) in [4.78, 5) is 9.04. The van der Waals surface area contributed by atoms with Crippen molar-refractivity contribution in [2.45, 2.75) is 39.7 Å². The van der Waals surface area contributed by atoms with E-state index in [0.29, 0.717) is 23.6 Å². The van der Waals surface area contributed by atoms with Crippen molar-refractivity contribution in [1.29, 1.82) is 5.26 Å². The molecule has 0 saturated heterocycles. The monoisotopic (exact) mass is 359 g/mol. The van der Waals surface area contributed by atoms with Crippen molar-refractivity contribution >= 4 is 22.5 Å². The molecule has 0 spiro atoms. The van der Waals surface area contributed by atoms with E-state index in [1.54, 1.807) is 6.20 Å². The fourth-order valence-corrected chi connectivity index (χ4v) is 3.13. The average molecular weight is 359 g/mol. The third-order valence-corrected chi connectivity index (χ3v) is 4.60. The first-order chi connectivity index (χ1) is 12.9. The number of imidazole rings is 1. The first-order valence-corrected chi connectivity index (χ1v) is 8.88. The molecule has 0 aliphatic heterocycles. The first-order valence-electron chi connectivity index (χ1n) is 8.88. The number of aryl methyl sites for hydroxylation is 1. The molecule has 0 radical (unpaired) electrons. The van der Waals surface area contributed by atoms with Gasteiger partial charge in [0.2, 0.25) is 5.89 Å². The van der Waals surface area contributed by atoms with Crippen LogP contribution in [0.4, 0.5) is 5.82 Å². The Labute approximate surface area is 157 Å². The number of anilines is 1. The van der Waals surface area contributed by atoms with Crippen LogP contribution < -0.4 is 5.32 Å². The maximum absolute atomic E-state index is 9.57. The summed E-state index contributed by atoms with van der Waals surface area (Å²) in [6, 6.07) is 12.1. The molecule has 4 aromatic rings. The molecule has 0 saturated carbocycles. The molecule has 4 rings (SSSR count). The number of nitrogens with zero attached hydrogens (tertiary/aromatic N) is 4. The quantitative estimate of drug-likeness (QED) is 0.580. The van der Waals surface area contributed by atoms with Crippen LogP contribution in [0.25, 0.3) is 16.7 Å². The highest BCUT2D eigenvalue weighted by atomic mass is 16.4. The van der Waals surface area contributed by atoms with E-state index in [9.17, 15) is 5.26 Å². The number of hydrogen-bond acceptors (Lipinski definition) is 5. The average Bonchev–Trinajstić information content (AvgIpc) is 3.24. The number of nitriles is 1. The molecule has 0 amide bonds. The minimum Gasteiger partial charge on any atom is -0.443 e. The van der Waals surface area contributed by atoms with Gasteiger partial charge in [0.25, 0.3) is 0 Å². The van der Waals surface area contributed by atoms with E-state index >= 15 is 0 Å². The zero-order chi connectivity index (χ0) is 19.2. The molecule has 27 heavy (non-hydrogen) atoms. The van der Waals surface area contributed by atoms with Crippen molar-refractivity contribution in [3.63, 3.8) is 0 Å². The van der Waals surface area contributed by atoms with Crippen molar-refractivity contribution in [1.82, 2.24) is 14.4 Å². The van der Waals surface area contributed by atoms with Gasteiger partial charge in [0, 0.05) is 5.41 Å². The van der Waals surface area contributed by atoms with Gasteiger partial charge in [-0.15, -0.1) is 0 Å². The summed E-state index contributed by atoms with van der Waals surface area (Å²) in [6.07, 6.45) is 1.78. The Bertz CT molecular complexity index is 1190. The van der Waals surface area contributed by atoms with E-state index in [-0.39, 0.29) is 5.41 Å². The zero-order valence-electron chi connectivity index (χ0n) is 15.9. The lowest BCUT2D eigenvalue weighted by Crippen LogP contribution is -2.09. The second-order valence-electron chi connectivity index (χ2n) is 7.68. The summed E-state index contributed by atoms with van der Waals surface area (Å²) in [5, 5.41) is 13.0. The van der Waals surface area contributed by atoms with Crippen LogP contribution in [0.3, 0.4) is 0 Å². The Morgan fingerprint density at radius 3 is 2.74 bits per heavy atom. The van der Waals surface area contributed by atoms with E-state index in [1.807, 2.05) is 41.7 Å². The normalized spacial score (nSPS) is 11.8. The highest BCUT2D eigenvalue weighted by molar-refractivity contribution is 5.85. The standard InChI is InChI=1S/C21H21N5O/c1-13-9-18(23-12-19-24-11-17(27-19)21(2,3)4)26-16-8-6-5-7-15(16)25-20(26)14(13)10-22/h5-9,11,23H,12H2,1-4H3. The molecule has 136 valence electrons. The molecule has 3 aromatic heterocycles. The number of benzene rings is 1. The molecule has 1 N–H and O–H groups in total. The lowest BCUT2D eigenvalue weighted by molar-refractivity contribution is 0.385. The minimum atomic E-state index is -0.0793. The second kappa shape index (κ2) is 6.13. The third-order valence-electron chi connectivity index (χ3n) is 4.60. The van der Waals surface area contributed by atoms with Gasteiger partial charge in [-0.1, -0.05) is 32.9 Å². The van der Waals surface area contributed by atoms with Gasteiger partial charge in [-0.3, -0.25) is 4.40 Å². The van der Waals surface area contributed by atoms with Crippen molar-refractivity contribution in [2.24, 2.45) is 0 Å². The SMILES string of the molecule is Cc1cc(NCc2ncc(C(C)(C)C)o2)n2c(nc3ccccc32)c1C#N. The number of nitrogens with one attached hydrogen (secondary N) is 1. The maximum Gasteiger partial charge on any atom is 0.213 e. The molecule has 0 atom stereocenters. The molecule has 6 nitrogen and oxygen atoms in total. The Morgan fingerprint density at radius 2 is 2.04 bits per heavy atom. The van der Waals surface area contributed by atoms with Gasteiger partial charge in [0.05, 0.1) is 29.3 Å². The predicted octanol–water partition coefficient (Wildman–Crippen LogP) is 4.57. The summed E-state index contributed by atoms with van der Waals surface area (Å²) in [5.41, 5.74) is 3.85. The number of para-hydroxylation sites is 2. The maximum atomic E-state index is 9.57. The van der Waals surface area contributed by atoms with Crippen LogP contribution in [0, 0.1) is 18.3 Å². The highest BCUT2D eigenvalue weighted by Gasteiger charge is 2.20. The Morgan fingerprint density at radius 1 is 1.26 bits per heavy atom. The zero-order valence-corrected chi connectivity index (χ0v) is 15.9. The number of rotatable bonds is 3. The fourth-order valence-electron chi connectivity index (χ4n) is 3.13. The predicted molar refractivity (Wildman–Crippen MR) is 105 cm³/mol. The van der Waals surface area contributed by atoms with Crippen LogP contribution in [0.1, 0.15) is 43.5 Å². The van der Waals surface area contributed by atoms with Gasteiger partial charge in [-0.05, 0) is 30.7 Å². The Balaban J connectivity index is 1.78. The summed E-state index contributed by atoms with van der Waals surface area (Å²) in [5.74, 6) is 2.33. The Hall–Kier alpha value is -3.33. The topological polar surface area (TPSA) is 79.2 Å². The smallest absolute Gasteiger partial charge is 0.213 e. The van der Waals surface area contributed by atoms with Gasteiger partial charge in [-0.25, -0.2) is 9.97 Å². The largest absolute Gasteiger partial charge is 0.443 e. The molecule has 1 aromatic carbocycles. The molecule has 0 aliphatic carbocycles. The van der Waals surface area contributed by atoms with Crippen LogP contribution in [0.15, 0.2) is 40.9 Å². The van der Waals surface area contributed by atoms with Crippen LogP contribution in [-0.2, 0) is 12.0 Å². The van der Waals surface area contributed by atoms with Crippen LogP contribution in [0.5, 0.6) is 0 Å².